The van der Waals surface area contributed by atoms with Gasteiger partial charge in [-0.1, -0.05) is 0 Å². The van der Waals surface area contributed by atoms with Crippen LogP contribution in [0.5, 0.6) is 0 Å². The summed E-state index contributed by atoms with van der Waals surface area (Å²) in [5.41, 5.74) is 2.87. The van der Waals surface area contributed by atoms with Crippen molar-refractivity contribution in [2.75, 3.05) is 6.54 Å². The summed E-state index contributed by atoms with van der Waals surface area (Å²) in [6, 6.07) is 3.40. The van der Waals surface area contributed by atoms with Crippen molar-refractivity contribution in [1.29, 1.82) is 0 Å². The van der Waals surface area contributed by atoms with Gasteiger partial charge in [0.05, 0.1) is 18.2 Å². The van der Waals surface area contributed by atoms with Crippen LogP contribution in [0.4, 0.5) is 0 Å². The van der Waals surface area contributed by atoms with Crippen LogP contribution in [-0.2, 0) is 16.6 Å². The van der Waals surface area contributed by atoms with E-state index >= 15 is 0 Å². The van der Waals surface area contributed by atoms with Gasteiger partial charge in [0.2, 0.25) is 10.0 Å². The minimum Gasteiger partial charge on any atom is -0.333 e. The highest BCUT2D eigenvalue weighted by atomic mass is 32.2. The molecule has 23 heavy (non-hydrogen) atoms. The lowest BCUT2D eigenvalue weighted by Gasteiger charge is -2.07. The largest absolute Gasteiger partial charge is 0.333 e. The summed E-state index contributed by atoms with van der Waals surface area (Å²) in [5.74, 6) is 0. The molecule has 0 aliphatic carbocycles. The van der Waals surface area contributed by atoms with E-state index in [-0.39, 0.29) is 0 Å². The van der Waals surface area contributed by atoms with E-state index in [1.54, 1.807) is 30.9 Å². The van der Waals surface area contributed by atoms with Crippen LogP contribution < -0.4 is 4.72 Å². The lowest BCUT2D eigenvalue weighted by Crippen LogP contribution is -2.26. The van der Waals surface area contributed by atoms with Crippen LogP contribution >= 0.6 is 11.3 Å². The van der Waals surface area contributed by atoms with Gasteiger partial charge in [0.25, 0.3) is 0 Å². The Bertz CT molecular complexity index is 894. The fraction of sp³-hybridized carbons (Fsp3) is 0.286. The molecule has 3 aromatic rings. The van der Waals surface area contributed by atoms with Crippen molar-refractivity contribution in [3.8, 4) is 10.4 Å². The minimum atomic E-state index is -3.50. The zero-order chi connectivity index (χ0) is 16.4. The average molecular weight is 351 g/mol. The molecule has 3 aromatic heterocycles. The molecule has 0 aromatic carbocycles. The Kier molecular flexibility index (Phi) is 4.33. The predicted molar refractivity (Wildman–Crippen MR) is 88.8 cm³/mol. The molecule has 0 saturated heterocycles. The summed E-state index contributed by atoms with van der Waals surface area (Å²) in [6.45, 7) is 4.76. The molecule has 3 heterocycles. The quantitative estimate of drug-likeness (QED) is 0.710. The lowest BCUT2D eigenvalue weighted by atomic mass is 10.3. The molecule has 9 heteroatoms. The van der Waals surface area contributed by atoms with Crippen LogP contribution in [0.15, 0.2) is 35.1 Å². The SMILES string of the molecule is Cc1ncn(CCNS(=O)(=O)c2ccc(-c3cn[nH]c3)s2)c1C. The van der Waals surface area contributed by atoms with Gasteiger partial charge in [-0.25, -0.2) is 18.1 Å². The molecule has 0 aliphatic heterocycles. The summed E-state index contributed by atoms with van der Waals surface area (Å²) in [4.78, 5) is 5.06. The maximum absolute atomic E-state index is 12.3. The Morgan fingerprint density at radius 1 is 1.35 bits per heavy atom. The first-order valence-electron chi connectivity index (χ1n) is 7.04. The first-order valence-corrected chi connectivity index (χ1v) is 9.34. The number of hydrogen-bond acceptors (Lipinski definition) is 5. The Morgan fingerprint density at radius 2 is 2.17 bits per heavy atom. The van der Waals surface area contributed by atoms with Crippen molar-refractivity contribution in [3.63, 3.8) is 0 Å². The molecule has 0 amide bonds. The predicted octanol–water partition coefficient (Wildman–Crippen LogP) is 1.93. The van der Waals surface area contributed by atoms with Crippen molar-refractivity contribution in [2.45, 2.75) is 24.6 Å². The molecule has 0 saturated carbocycles. The van der Waals surface area contributed by atoms with Gasteiger partial charge >= 0.3 is 0 Å². The summed E-state index contributed by atoms with van der Waals surface area (Å²) >= 11 is 1.22. The van der Waals surface area contributed by atoms with Crippen molar-refractivity contribution in [3.05, 3.63) is 42.2 Å². The van der Waals surface area contributed by atoms with Gasteiger partial charge in [-0.2, -0.15) is 5.10 Å². The van der Waals surface area contributed by atoms with Crippen molar-refractivity contribution < 1.29 is 8.42 Å². The average Bonchev–Trinajstić information content (AvgIpc) is 3.23. The highest BCUT2D eigenvalue weighted by Crippen LogP contribution is 2.29. The highest BCUT2D eigenvalue weighted by molar-refractivity contribution is 7.91. The standard InChI is InChI=1S/C14H17N5O2S2/c1-10-11(2)19(9-15-10)6-5-18-23(20,21)14-4-3-13(22-14)12-7-16-17-8-12/h3-4,7-9,18H,5-6H2,1-2H3,(H,16,17). The number of aromatic amines is 1. The molecule has 0 radical (unpaired) electrons. The molecular formula is C14H17N5O2S2. The van der Waals surface area contributed by atoms with Crippen LogP contribution in [0.2, 0.25) is 0 Å². The van der Waals surface area contributed by atoms with Crippen molar-refractivity contribution in [2.24, 2.45) is 0 Å². The number of nitrogens with one attached hydrogen (secondary N) is 2. The van der Waals surface area contributed by atoms with E-state index in [1.165, 1.54) is 11.3 Å². The first-order chi connectivity index (χ1) is 11.0. The zero-order valence-electron chi connectivity index (χ0n) is 12.8. The third kappa shape index (κ3) is 3.36. The van der Waals surface area contributed by atoms with Gasteiger partial charge in [-0.15, -0.1) is 11.3 Å². The minimum absolute atomic E-state index is 0.298. The smallest absolute Gasteiger partial charge is 0.250 e. The van der Waals surface area contributed by atoms with Gasteiger partial charge in [-0.05, 0) is 26.0 Å². The fourth-order valence-corrected chi connectivity index (χ4v) is 4.50. The van der Waals surface area contributed by atoms with Gasteiger partial charge < -0.3 is 4.57 Å². The van der Waals surface area contributed by atoms with E-state index in [2.05, 4.69) is 19.9 Å². The Labute approximate surface area is 138 Å². The van der Waals surface area contributed by atoms with Gasteiger partial charge in [0, 0.05) is 35.4 Å². The summed E-state index contributed by atoms with van der Waals surface area (Å²) in [5, 5.41) is 6.59. The molecule has 0 spiro atoms. The fourth-order valence-electron chi connectivity index (χ4n) is 2.15. The highest BCUT2D eigenvalue weighted by Gasteiger charge is 2.17. The molecule has 0 atom stereocenters. The number of H-pyrrole nitrogens is 1. The molecule has 0 aliphatic rings. The van der Waals surface area contributed by atoms with E-state index in [9.17, 15) is 8.42 Å². The molecule has 0 bridgehead atoms. The van der Waals surface area contributed by atoms with E-state index in [0.29, 0.717) is 17.3 Å². The maximum Gasteiger partial charge on any atom is 0.250 e. The second-order valence-electron chi connectivity index (χ2n) is 5.11. The van der Waals surface area contributed by atoms with Gasteiger partial charge in [-0.3, -0.25) is 5.10 Å². The molecule has 7 nitrogen and oxygen atoms in total. The van der Waals surface area contributed by atoms with Crippen LogP contribution in [0.1, 0.15) is 11.4 Å². The number of aryl methyl sites for hydroxylation is 1. The Morgan fingerprint density at radius 3 is 2.83 bits per heavy atom. The number of imidazole rings is 1. The number of sulfonamides is 1. The van der Waals surface area contributed by atoms with Crippen molar-refractivity contribution in [1.82, 2.24) is 24.5 Å². The first kappa shape index (κ1) is 15.9. The molecule has 122 valence electrons. The molecule has 3 rings (SSSR count). The maximum atomic E-state index is 12.3. The zero-order valence-corrected chi connectivity index (χ0v) is 14.4. The topological polar surface area (TPSA) is 92.7 Å². The second kappa shape index (κ2) is 6.26. The summed E-state index contributed by atoms with van der Waals surface area (Å²) in [7, 11) is -3.50. The number of thiophene rings is 1. The van der Waals surface area contributed by atoms with E-state index in [1.807, 2.05) is 18.4 Å². The Balaban J connectivity index is 1.66. The number of aromatic nitrogens is 4. The monoisotopic (exact) mass is 351 g/mol. The van der Waals surface area contributed by atoms with E-state index < -0.39 is 10.0 Å². The van der Waals surface area contributed by atoms with Crippen LogP contribution in [0.25, 0.3) is 10.4 Å². The van der Waals surface area contributed by atoms with Crippen LogP contribution in [0.3, 0.4) is 0 Å². The molecule has 0 unspecified atom stereocenters. The summed E-state index contributed by atoms with van der Waals surface area (Å²) in [6.07, 6.45) is 5.13. The van der Waals surface area contributed by atoms with Gasteiger partial charge in [0.15, 0.2) is 0 Å². The third-order valence-corrected chi connectivity index (χ3v) is 6.71. The number of hydrogen-bond donors (Lipinski definition) is 2. The van der Waals surface area contributed by atoms with E-state index in [4.69, 9.17) is 0 Å². The second-order valence-corrected chi connectivity index (χ2v) is 8.19. The van der Waals surface area contributed by atoms with Crippen molar-refractivity contribution >= 4 is 21.4 Å². The van der Waals surface area contributed by atoms with Gasteiger partial charge in [0.1, 0.15) is 4.21 Å². The molecule has 0 fully saturated rings. The molecular weight excluding hydrogens is 334 g/mol. The normalized spacial score (nSPS) is 11.9. The third-order valence-electron chi connectivity index (χ3n) is 3.62. The summed E-state index contributed by atoms with van der Waals surface area (Å²) < 4.78 is 29.6. The lowest BCUT2D eigenvalue weighted by molar-refractivity contribution is 0.573. The van der Waals surface area contributed by atoms with Crippen LogP contribution in [0, 0.1) is 13.8 Å². The van der Waals surface area contributed by atoms with E-state index in [0.717, 1.165) is 21.8 Å². The number of rotatable bonds is 6. The number of nitrogens with zero attached hydrogens (tertiary/aromatic N) is 3. The molecule has 2 N–H and O–H groups in total. The Hall–Kier alpha value is -1.97. The van der Waals surface area contributed by atoms with Crippen LogP contribution in [-0.4, -0.2) is 34.7 Å².